The van der Waals surface area contributed by atoms with Crippen LogP contribution in [0.3, 0.4) is 0 Å². The van der Waals surface area contributed by atoms with Crippen molar-refractivity contribution in [1.29, 1.82) is 0 Å². The standard InChI is InChI=1S/C29H33N5O5S/c1-3-39-28(38)23-22-13-17(2)29(40-22)24(23)27(37)34(19(15-35)14-18-9-5-4-6-10-18)25(29)26(36)30-16-33-21-12-8-7-11-20(21)31-32-33/h4-12,17,19,22-25,35H,3,13-16H2,1-2H3,(H,30,36)/t17?,19-,22-,23+,24+,25?,29?/m1/s1. The molecule has 0 radical (unpaired) electrons. The lowest BCUT2D eigenvalue weighted by Gasteiger charge is -2.40. The van der Waals surface area contributed by atoms with Crippen molar-refractivity contribution >= 4 is 40.6 Å². The first-order chi connectivity index (χ1) is 19.4. The van der Waals surface area contributed by atoms with Gasteiger partial charge in [-0.25, -0.2) is 4.68 Å². The highest BCUT2D eigenvalue weighted by Crippen LogP contribution is 2.68. The maximum Gasteiger partial charge on any atom is 0.310 e. The summed E-state index contributed by atoms with van der Waals surface area (Å²) in [7, 11) is 0. The van der Waals surface area contributed by atoms with Crippen molar-refractivity contribution < 1.29 is 24.2 Å². The Kier molecular flexibility index (Phi) is 7.03. The number of benzene rings is 2. The van der Waals surface area contributed by atoms with E-state index in [4.69, 9.17) is 4.74 Å². The van der Waals surface area contributed by atoms with Gasteiger partial charge < -0.3 is 20.1 Å². The molecule has 2 aromatic carbocycles. The molecule has 3 fully saturated rings. The van der Waals surface area contributed by atoms with E-state index in [-0.39, 0.29) is 48.8 Å². The monoisotopic (exact) mass is 563 g/mol. The fourth-order valence-electron chi connectivity index (χ4n) is 7.08. The fraction of sp³-hybridized carbons (Fsp3) is 0.483. The number of hydrogen-bond donors (Lipinski definition) is 2. The zero-order valence-corrected chi connectivity index (χ0v) is 23.3. The number of thioether (sulfide) groups is 1. The van der Waals surface area contributed by atoms with Crippen LogP contribution in [0.5, 0.6) is 0 Å². The molecule has 3 aliphatic heterocycles. The van der Waals surface area contributed by atoms with Crippen LogP contribution >= 0.6 is 11.8 Å². The van der Waals surface area contributed by atoms with Gasteiger partial charge in [0.25, 0.3) is 0 Å². The third-order valence-electron chi connectivity index (χ3n) is 8.73. The number of carbonyl (C=O) groups excluding carboxylic acids is 3. The molecule has 0 saturated carbocycles. The highest BCUT2D eigenvalue weighted by Gasteiger charge is 2.76. The number of fused-ring (bicyclic) bond motifs is 2. The van der Waals surface area contributed by atoms with E-state index >= 15 is 0 Å². The number of aliphatic hydroxyl groups is 1. The van der Waals surface area contributed by atoms with Crippen molar-refractivity contribution in [2.45, 2.75) is 55.4 Å². The number of nitrogens with zero attached hydrogens (tertiary/aromatic N) is 4. The van der Waals surface area contributed by atoms with Crippen LogP contribution in [0.2, 0.25) is 0 Å². The van der Waals surface area contributed by atoms with Gasteiger partial charge in [-0.05, 0) is 43.4 Å². The van der Waals surface area contributed by atoms with Gasteiger partial charge in [0.05, 0.1) is 41.4 Å². The molecule has 1 spiro atoms. The minimum atomic E-state index is -0.870. The van der Waals surface area contributed by atoms with Crippen molar-refractivity contribution in [1.82, 2.24) is 25.2 Å². The number of aromatic nitrogens is 3. The quantitative estimate of drug-likeness (QED) is 0.379. The van der Waals surface area contributed by atoms with Crippen LogP contribution in [-0.2, 0) is 32.2 Å². The van der Waals surface area contributed by atoms with Crippen molar-refractivity contribution in [2.24, 2.45) is 17.8 Å². The average Bonchev–Trinajstić information content (AvgIpc) is 3.68. The Morgan fingerprint density at radius 3 is 2.70 bits per heavy atom. The molecule has 4 heterocycles. The topological polar surface area (TPSA) is 127 Å². The molecule has 210 valence electrons. The van der Waals surface area contributed by atoms with Gasteiger partial charge in [-0.15, -0.1) is 16.9 Å². The third-order valence-corrected chi connectivity index (χ3v) is 10.8. The van der Waals surface area contributed by atoms with Crippen molar-refractivity contribution in [3.05, 3.63) is 60.2 Å². The number of ether oxygens (including phenoxy) is 1. The van der Waals surface area contributed by atoms with Gasteiger partial charge in [0, 0.05) is 5.25 Å². The first kappa shape index (κ1) is 26.8. The van der Waals surface area contributed by atoms with Gasteiger partial charge in [-0.1, -0.05) is 54.6 Å². The second-order valence-electron chi connectivity index (χ2n) is 10.9. The Bertz CT molecular complexity index is 1430. The number of rotatable bonds is 9. The van der Waals surface area contributed by atoms with Crippen LogP contribution in [0.15, 0.2) is 54.6 Å². The Balaban J connectivity index is 1.37. The Labute approximate surface area is 236 Å². The molecule has 3 aromatic rings. The number of esters is 1. The van der Waals surface area contributed by atoms with E-state index in [0.717, 1.165) is 11.1 Å². The highest BCUT2D eigenvalue weighted by atomic mass is 32.2. The number of aliphatic hydroxyl groups excluding tert-OH is 1. The Morgan fingerprint density at radius 1 is 1.20 bits per heavy atom. The van der Waals surface area contributed by atoms with E-state index in [9.17, 15) is 19.5 Å². The molecule has 3 aliphatic rings. The van der Waals surface area contributed by atoms with E-state index < -0.39 is 28.7 Å². The molecule has 10 nitrogen and oxygen atoms in total. The Morgan fingerprint density at radius 2 is 1.95 bits per heavy atom. The summed E-state index contributed by atoms with van der Waals surface area (Å²) in [6, 6.07) is 15.6. The van der Waals surface area contributed by atoms with Gasteiger partial charge in [-0.3, -0.25) is 14.4 Å². The van der Waals surface area contributed by atoms with E-state index in [1.807, 2.05) is 54.6 Å². The lowest BCUT2D eigenvalue weighted by Crippen LogP contribution is -2.58. The number of nitrogens with one attached hydrogen (secondary N) is 1. The second kappa shape index (κ2) is 10.5. The van der Waals surface area contributed by atoms with E-state index in [2.05, 4.69) is 22.6 Å². The molecule has 2 amide bonds. The molecule has 3 saturated heterocycles. The lowest BCUT2D eigenvalue weighted by atomic mass is 9.66. The normalized spacial score (nSPS) is 29.5. The van der Waals surface area contributed by atoms with Crippen LogP contribution < -0.4 is 5.32 Å². The SMILES string of the molecule is CCOC(=O)[C@@H]1[C@H]2C(=O)N([C@@H](CO)Cc3ccccc3)C(C(=O)NCn3nnc4ccccc43)C23S[C@@H]1CC3C. The number of para-hydroxylation sites is 1. The highest BCUT2D eigenvalue weighted by molar-refractivity contribution is 8.02. The molecule has 2 bridgehead atoms. The second-order valence-corrected chi connectivity index (χ2v) is 12.4. The molecule has 0 aliphatic carbocycles. The lowest BCUT2D eigenvalue weighted by molar-refractivity contribution is -0.154. The molecule has 6 rings (SSSR count). The first-order valence-corrected chi connectivity index (χ1v) is 14.7. The van der Waals surface area contributed by atoms with E-state index in [1.54, 1.807) is 28.3 Å². The molecule has 1 aromatic heterocycles. The van der Waals surface area contributed by atoms with Crippen molar-refractivity contribution in [2.75, 3.05) is 13.2 Å². The molecule has 7 atom stereocenters. The third kappa shape index (κ3) is 4.09. The van der Waals surface area contributed by atoms with Crippen molar-refractivity contribution in [3.8, 4) is 0 Å². The van der Waals surface area contributed by atoms with Gasteiger partial charge in [0.1, 0.15) is 18.2 Å². The van der Waals surface area contributed by atoms with Crippen molar-refractivity contribution in [3.63, 3.8) is 0 Å². The smallest absolute Gasteiger partial charge is 0.310 e. The summed E-state index contributed by atoms with van der Waals surface area (Å²) < 4.78 is 6.23. The van der Waals surface area contributed by atoms with Crippen LogP contribution in [0.25, 0.3) is 11.0 Å². The molecular formula is C29H33N5O5S. The number of carbonyl (C=O) groups is 3. The molecular weight excluding hydrogens is 530 g/mol. The molecule has 2 N–H and O–H groups in total. The van der Waals surface area contributed by atoms with Crippen LogP contribution in [-0.4, -0.2) is 78.1 Å². The van der Waals surface area contributed by atoms with Gasteiger partial charge in [0.15, 0.2) is 0 Å². The first-order valence-electron chi connectivity index (χ1n) is 13.8. The van der Waals surface area contributed by atoms with Gasteiger partial charge >= 0.3 is 5.97 Å². The molecule has 40 heavy (non-hydrogen) atoms. The summed E-state index contributed by atoms with van der Waals surface area (Å²) in [5.41, 5.74) is 2.44. The average molecular weight is 564 g/mol. The number of likely N-dealkylation sites (tertiary alicyclic amines) is 1. The van der Waals surface area contributed by atoms with Crippen LogP contribution in [0, 0.1) is 17.8 Å². The summed E-state index contributed by atoms with van der Waals surface area (Å²) in [6.45, 7) is 3.81. The number of amides is 2. The molecule has 11 heteroatoms. The minimum absolute atomic E-state index is 0.00569. The maximum atomic E-state index is 14.3. The zero-order valence-electron chi connectivity index (χ0n) is 22.5. The fourth-order valence-corrected chi connectivity index (χ4v) is 9.48. The summed E-state index contributed by atoms with van der Waals surface area (Å²) in [4.78, 5) is 43.3. The Hall–Kier alpha value is -3.44. The zero-order chi connectivity index (χ0) is 28.0. The molecule has 3 unspecified atom stereocenters. The predicted octanol–water partition coefficient (Wildman–Crippen LogP) is 2.01. The summed E-state index contributed by atoms with van der Waals surface area (Å²) in [6.07, 6.45) is 1.10. The minimum Gasteiger partial charge on any atom is -0.466 e. The summed E-state index contributed by atoms with van der Waals surface area (Å²) in [5, 5.41) is 21.8. The van der Waals surface area contributed by atoms with Gasteiger partial charge in [0.2, 0.25) is 11.8 Å². The maximum absolute atomic E-state index is 14.3. The van der Waals surface area contributed by atoms with Crippen LogP contribution in [0.1, 0.15) is 25.8 Å². The van der Waals surface area contributed by atoms with Gasteiger partial charge in [-0.2, -0.15) is 0 Å². The van der Waals surface area contributed by atoms with E-state index in [0.29, 0.717) is 18.4 Å². The van der Waals surface area contributed by atoms with Crippen LogP contribution in [0.4, 0.5) is 0 Å². The summed E-state index contributed by atoms with van der Waals surface area (Å²) in [5.74, 6) is -2.29. The predicted molar refractivity (Wildman–Crippen MR) is 149 cm³/mol. The summed E-state index contributed by atoms with van der Waals surface area (Å²) >= 11 is 1.58. The van der Waals surface area contributed by atoms with E-state index in [1.165, 1.54) is 0 Å². The largest absolute Gasteiger partial charge is 0.466 e. The number of hydrogen-bond acceptors (Lipinski definition) is 8.